The van der Waals surface area contributed by atoms with Crippen molar-refractivity contribution in [3.8, 4) is 0 Å². The Kier molecular flexibility index (Phi) is 3.23. The Balaban J connectivity index is 2.19. The summed E-state index contributed by atoms with van der Waals surface area (Å²) in [6, 6.07) is 7.48. The Morgan fingerprint density at radius 3 is 2.82 bits per heavy atom. The van der Waals surface area contributed by atoms with Crippen LogP contribution in [-0.2, 0) is 20.7 Å². The number of carbonyl (C=O) groups is 2. The van der Waals surface area contributed by atoms with Crippen molar-refractivity contribution in [3.05, 3.63) is 36.3 Å². The summed E-state index contributed by atoms with van der Waals surface area (Å²) in [5.41, 5.74) is 0. The van der Waals surface area contributed by atoms with Crippen LogP contribution in [0.4, 0.5) is 0 Å². The van der Waals surface area contributed by atoms with Crippen LogP contribution in [0.25, 0.3) is 10.8 Å². The van der Waals surface area contributed by atoms with Gasteiger partial charge in [0.25, 0.3) is 0 Å². The topological polar surface area (TPSA) is 56.5 Å². The van der Waals surface area contributed by atoms with Gasteiger partial charge in [-0.3, -0.25) is 4.79 Å². The molecule has 0 saturated heterocycles. The van der Waals surface area contributed by atoms with Crippen molar-refractivity contribution in [3.63, 3.8) is 0 Å². The van der Waals surface area contributed by atoms with Crippen molar-refractivity contribution < 1.29 is 18.7 Å². The molecular formula is C13H12O4. The summed E-state index contributed by atoms with van der Waals surface area (Å²) < 4.78 is 9.92. The first-order chi connectivity index (χ1) is 8.22. The molecule has 0 atom stereocenters. The van der Waals surface area contributed by atoms with Crippen LogP contribution in [-0.4, -0.2) is 18.4 Å². The molecule has 2 rings (SSSR count). The van der Waals surface area contributed by atoms with Gasteiger partial charge in [0.15, 0.2) is 0 Å². The van der Waals surface area contributed by atoms with Crippen molar-refractivity contribution in [1.82, 2.24) is 0 Å². The van der Waals surface area contributed by atoms with E-state index in [1.165, 1.54) is 0 Å². The van der Waals surface area contributed by atoms with Gasteiger partial charge in [0, 0.05) is 10.8 Å². The van der Waals surface area contributed by atoms with Crippen LogP contribution in [0.5, 0.6) is 0 Å². The first kappa shape index (κ1) is 11.4. The lowest BCUT2D eigenvalue weighted by molar-refractivity contribution is -0.153. The molecule has 1 aromatic carbocycles. The maximum Gasteiger partial charge on any atom is 0.375 e. The molecule has 0 radical (unpaired) electrons. The van der Waals surface area contributed by atoms with Gasteiger partial charge in [-0.05, 0) is 6.92 Å². The van der Waals surface area contributed by atoms with E-state index in [4.69, 9.17) is 4.42 Å². The minimum absolute atomic E-state index is 0.0631. The van der Waals surface area contributed by atoms with Crippen molar-refractivity contribution in [1.29, 1.82) is 0 Å². The number of hydrogen-bond acceptors (Lipinski definition) is 4. The van der Waals surface area contributed by atoms with Gasteiger partial charge in [0.1, 0.15) is 5.76 Å². The molecule has 0 aliphatic carbocycles. The van der Waals surface area contributed by atoms with Gasteiger partial charge in [0.05, 0.1) is 19.3 Å². The van der Waals surface area contributed by atoms with Crippen molar-refractivity contribution in [2.24, 2.45) is 0 Å². The second kappa shape index (κ2) is 4.82. The molecule has 4 nitrogen and oxygen atoms in total. The molecule has 0 fully saturated rings. The predicted molar refractivity (Wildman–Crippen MR) is 61.6 cm³/mol. The number of Topliss-reactive ketones (excluding diaryl/α,β-unsaturated/α-hetero) is 1. The summed E-state index contributed by atoms with van der Waals surface area (Å²) in [5.74, 6) is -0.904. The molecule has 0 aliphatic heterocycles. The third-order valence-electron chi connectivity index (χ3n) is 2.41. The molecule has 0 amide bonds. The fourth-order valence-electron chi connectivity index (χ4n) is 1.62. The van der Waals surface area contributed by atoms with E-state index in [-0.39, 0.29) is 13.0 Å². The van der Waals surface area contributed by atoms with Crippen molar-refractivity contribution in [2.75, 3.05) is 6.61 Å². The van der Waals surface area contributed by atoms with Gasteiger partial charge in [-0.1, -0.05) is 24.3 Å². The molecule has 0 spiro atoms. The number of carbonyl (C=O) groups excluding carboxylic acids is 2. The Labute approximate surface area is 98.2 Å². The molecule has 2 aromatic rings. The highest BCUT2D eigenvalue weighted by Crippen LogP contribution is 2.21. The first-order valence-electron chi connectivity index (χ1n) is 5.37. The summed E-state index contributed by atoms with van der Waals surface area (Å²) in [6.45, 7) is 1.86. The van der Waals surface area contributed by atoms with Gasteiger partial charge < -0.3 is 9.15 Å². The Morgan fingerprint density at radius 2 is 2.06 bits per heavy atom. The van der Waals surface area contributed by atoms with E-state index in [1.54, 1.807) is 13.2 Å². The molecule has 0 unspecified atom stereocenters. The highest BCUT2D eigenvalue weighted by molar-refractivity contribution is 6.34. The zero-order chi connectivity index (χ0) is 12.3. The lowest BCUT2D eigenvalue weighted by atomic mass is 10.1. The zero-order valence-electron chi connectivity index (χ0n) is 9.43. The van der Waals surface area contributed by atoms with Crippen LogP contribution >= 0.6 is 0 Å². The van der Waals surface area contributed by atoms with Gasteiger partial charge in [-0.15, -0.1) is 0 Å². The minimum atomic E-state index is -0.812. The number of fused-ring (bicyclic) bond motifs is 1. The van der Waals surface area contributed by atoms with E-state index < -0.39 is 11.8 Å². The molecule has 17 heavy (non-hydrogen) atoms. The van der Waals surface area contributed by atoms with Crippen LogP contribution in [0.1, 0.15) is 12.7 Å². The fraction of sp³-hybridized carbons (Fsp3) is 0.231. The Bertz CT molecular complexity index is 553. The third kappa shape index (κ3) is 2.36. The van der Waals surface area contributed by atoms with Gasteiger partial charge in [-0.2, -0.15) is 0 Å². The molecule has 0 saturated carbocycles. The zero-order valence-corrected chi connectivity index (χ0v) is 9.43. The average Bonchev–Trinajstić information content (AvgIpc) is 2.73. The number of hydrogen-bond donors (Lipinski definition) is 0. The van der Waals surface area contributed by atoms with E-state index in [0.29, 0.717) is 5.76 Å². The van der Waals surface area contributed by atoms with Gasteiger partial charge in [-0.25, -0.2) is 4.79 Å². The van der Waals surface area contributed by atoms with Crippen LogP contribution in [0.3, 0.4) is 0 Å². The average molecular weight is 232 g/mol. The largest absolute Gasteiger partial charge is 0.468 e. The monoisotopic (exact) mass is 232 g/mol. The maximum atomic E-state index is 11.5. The normalized spacial score (nSPS) is 10.4. The summed E-state index contributed by atoms with van der Waals surface area (Å²) in [5, 5.41) is 1.77. The molecule has 1 aromatic heterocycles. The molecule has 0 N–H and O–H groups in total. The minimum Gasteiger partial charge on any atom is -0.468 e. The van der Waals surface area contributed by atoms with E-state index in [0.717, 1.165) is 10.8 Å². The molecule has 1 heterocycles. The van der Waals surface area contributed by atoms with Crippen LogP contribution in [0, 0.1) is 0 Å². The summed E-state index contributed by atoms with van der Waals surface area (Å²) in [6.07, 6.45) is 1.51. The lowest BCUT2D eigenvalue weighted by Crippen LogP contribution is -2.19. The molecular weight excluding hydrogens is 220 g/mol. The summed E-state index contributed by atoms with van der Waals surface area (Å²) in [7, 11) is 0. The summed E-state index contributed by atoms with van der Waals surface area (Å²) >= 11 is 0. The molecule has 0 bridgehead atoms. The van der Waals surface area contributed by atoms with Crippen LogP contribution in [0.2, 0.25) is 0 Å². The molecule has 0 aliphatic rings. The maximum absolute atomic E-state index is 11.5. The van der Waals surface area contributed by atoms with Crippen LogP contribution < -0.4 is 0 Å². The SMILES string of the molecule is CCOC(=O)C(=O)Cc1occ2ccccc12. The fourth-order valence-corrected chi connectivity index (χ4v) is 1.62. The first-order valence-corrected chi connectivity index (χ1v) is 5.37. The van der Waals surface area contributed by atoms with Gasteiger partial charge >= 0.3 is 5.97 Å². The predicted octanol–water partition coefficient (Wildman–Crippen LogP) is 2.11. The molecule has 88 valence electrons. The standard InChI is InChI=1S/C13H12O4/c1-2-16-13(15)11(14)7-12-10-6-4-3-5-9(10)8-17-12/h3-6,8H,2,7H2,1H3. The van der Waals surface area contributed by atoms with Crippen LogP contribution in [0.15, 0.2) is 34.9 Å². The highest BCUT2D eigenvalue weighted by Gasteiger charge is 2.18. The number of rotatable bonds is 4. The van der Waals surface area contributed by atoms with E-state index in [1.807, 2.05) is 24.3 Å². The second-order valence-corrected chi connectivity index (χ2v) is 3.57. The number of ether oxygens (including phenoxy) is 1. The lowest BCUT2D eigenvalue weighted by Gasteiger charge is -1.99. The number of ketones is 1. The third-order valence-corrected chi connectivity index (χ3v) is 2.41. The van der Waals surface area contributed by atoms with E-state index in [2.05, 4.69) is 4.74 Å². The van der Waals surface area contributed by atoms with E-state index in [9.17, 15) is 9.59 Å². The number of furan rings is 1. The van der Waals surface area contributed by atoms with Crippen molar-refractivity contribution >= 4 is 22.5 Å². The second-order valence-electron chi connectivity index (χ2n) is 3.57. The smallest absolute Gasteiger partial charge is 0.375 e. The number of esters is 1. The Morgan fingerprint density at radius 1 is 1.29 bits per heavy atom. The molecule has 4 heteroatoms. The quantitative estimate of drug-likeness (QED) is 0.598. The van der Waals surface area contributed by atoms with E-state index >= 15 is 0 Å². The number of benzene rings is 1. The summed E-state index contributed by atoms with van der Waals surface area (Å²) in [4.78, 5) is 22.7. The highest BCUT2D eigenvalue weighted by atomic mass is 16.5. The van der Waals surface area contributed by atoms with Gasteiger partial charge in [0.2, 0.25) is 5.78 Å². The Hall–Kier alpha value is -2.10. The van der Waals surface area contributed by atoms with Crippen molar-refractivity contribution in [2.45, 2.75) is 13.3 Å².